The number of carbonyl (C=O) groups excluding carboxylic acids is 1. The molecule has 0 radical (unpaired) electrons. The van der Waals surface area contributed by atoms with Crippen molar-refractivity contribution in [2.75, 3.05) is 14.2 Å². The Morgan fingerprint density at radius 1 is 1.20 bits per heavy atom. The second-order valence-corrected chi connectivity index (χ2v) is 3.53. The maximum absolute atomic E-state index is 10.2. The largest absolute Gasteiger partial charge is 0.495 e. The van der Waals surface area contributed by atoms with E-state index < -0.39 is 0 Å². The van der Waals surface area contributed by atoms with Crippen molar-refractivity contribution in [2.24, 2.45) is 0 Å². The quantitative estimate of drug-likeness (QED) is 0.624. The Hall–Kier alpha value is -1.29. The lowest BCUT2D eigenvalue weighted by Crippen LogP contribution is -1.90. The molecule has 0 aliphatic heterocycles. The lowest BCUT2D eigenvalue weighted by molar-refractivity contribution is -0.104. The maximum Gasteiger partial charge on any atom is 0.142 e. The van der Waals surface area contributed by atoms with Crippen LogP contribution in [0.5, 0.6) is 11.5 Å². The van der Waals surface area contributed by atoms with Crippen molar-refractivity contribution in [3.05, 3.63) is 28.2 Å². The number of aldehydes is 1. The summed E-state index contributed by atoms with van der Waals surface area (Å²) in [6, 6.07) is 3.62. The summed E-state index contributed by atoms with van der Waals surface area (Å²) >= 11 is 3.36. The lowest BCUT2D eigenvalue weighted by atomic mass is 10.2. The summed E-state index contributed by atoms with van der Waals surface area (Å²) in [5, 5.41) is 0. The van der Waals surface area contributed by atoms with Gasteiger partial charge in [0.1, 0.15) is 22.3 Å². The predicted molar refractivity (Wildman–Crippen MR) is 62.3 cm³/mol. The first-order chi connectivity index (χ1) is 7.22. The van der Waals surface area contributed by atoms with Crippen LogP contribution in [0.3, 0.4) is 0 Å². The maximum atomic E-state index is 10.2. The van der Waals surface area contributed by atoms with Crippen LogP contribution in [0.1, 0.15) is 5.56 Å². The van der Waals surface area contributed by atoms with Gasteiger partial charge in [-0.3, -0.25) is 4.79 Å². The Bertz CT molecular complexity index is 360. The Labute approximate surface area is 96.8 Å². The molecule has 1 rings (SSSR count). The molecular formula is C11H11BrO3. The van der Waals surface area contributed by atoms with Gasteiger partial charge in [0.25, 0.3) is 0 Å². The summed E-state index contributed by atoms with van der Waals surface area (Å²) in [7, 11) is 3.15. The first-order valence-corrected chi connectivity index (χ1v) is 5.05. The van der Waals surface area contributed by atoms with Crippen LogP contribution >= 0.6 is 15.9 Å². The molecule has 0 bridgehead atoms. The predicted octanol–water partition coefficient (Wildman–Crippen LogP) is 2.68. The highest BCUT2D eigenvalue weighted by atomic mass is 79.9. The van der Waals surface area contributed by atoms with Crippen LogP contribution in [0.2, 0.25) is 0 Å². The Balaban J connectivity index is 3.20. The monoisotopic (exact) mass is 270 g/mol. The van der Waals surface area contributed by atoms with Crippen molar-refractivity contribution in [3.63, 3.8) is 0 Å². The van der Waals surface area contributed by atoms with Crippen LogP contribution in [-0.4, -0.2) is 20.5 Å². The molecule has 0 aromatic heterocycles. The molecule has 0 atom stereocenters. The number of carbonyl (C=O) groups is 1. The summed E-state index contributed by atoms with van der Waals surface area (Å²) < 4.78 is 11.1. The Morgan fingerprint density at radius 2 is 1.73 bits per heavy atom. The van der Waals surface area contributed by atoms with Gasteiger partial charge in [-0.2, -0.15) is 0 Å². The molecule has 0 amide bonds. The number of ether oxygens (including phenoxy) is 2. The standard InChI is InChI=1S/C11H11BrO3/c1-14-9-6-8(4-3-5-13)7-10(15-2)11(9)12/h3-7H,1-2H3/b4-3+. The van der Waals surface area contributed by atoms with E-state index in [1.807, 2.05) is 12.1 Å². The summed E-state index contributed by atoms with van der Waals surface area (Å²) in [6.45, 7) is 0. The van der Waals surface area contributed by atoms with Crippen molar-refractivity contribution in [3.8, 4) is 11.5 Å². The van der Waals surface area contributed by atoms with Gasteiger partial charge in [-0.25, -0.2) is 0 Å². The first kappa shape index (κ1) is 11.8. The smallest absolute Gasteiger partial charge is 0.142 e. The van der Waals surface area contributed by atoms with Gasteiger partial charge in [-0.1, -0.05) is 6.08 Å². The molecule has 0 aliphatic rings. The van der Waals surface area contributed by atoms with E-state index in [4.69, 9.17) is 9.47 Å². The normalized spacial score (nSPS) is 10.3. The van der Waals surface area contributed by atoms with Crippen LogP contribution in [-0.2, 0) is 4.79 Å². The molecule has 0 unspecified atom stereocenters. The van der Waals surface area contributed by atoms with Crippen LogP contribution in [0.4, 0.5) is 0 Å². The summed E-state index contributed by atoms with van der Waals surface area (Å²) in [6.07, 6.45) is 3.83. The van der Waals surface area contributed by atoms with Gasteiger partial charge >= 0.3 is 0 Å². The lowest BCUT2D eigenvalue weighted by Gasteiger charge is -2.09. The third-order valence-electron chi connectivity index (χ3n) is 1.84. The molecule has 1 aromatic rings. The number of methoxy groups -OCH3 is 2. The molecule has 80 valence electrons. The Kier molecular flexibility index (Phi) is 4.37. The van der Waals surface area contributed by atoms with Crippen LogP contribution < -0.4 is 9.47 Å². The van der Waals surface area contributed by atoms with E-state index in [0.29, 0.717) is 11.5 Å². The van der Waals surface area contributed by atoms with Crippen LogP contribution in [0.25, 0.3) is 6.08 Å². The highest BCUT2D eigenvalue weighted by Gasteiger charge is 2.08. The summed E-state index contributed by atoms with van der Waals surface area (Å²) in [5.41, 5.74) is 0.846. The van der Waals surface area contributed by atoms with Crippen molar-refractivity contribution in [1.29, 1.82) is 0 Å². The molecule has 0 aliphatic carbocycles. The number of benzene rings is 1. The average molecular weight is 271 g/mol. The van der Waals surface area contributed by atoms with Gasteiger partial charge in [0, 0.05) is 0 Å². The molecule has 0 saturated heterocycles. The Morgan fingerprint density at radius 3 is 2.13 bits per heavy atom. The van der Waals surface area contributed by atoms with E-state index in [1.165, 1.54) is 6.08 Å². The summed E-state index contributed by atoms with van der Waals surface area (Å²) in [5.74, 6) is 1.33. The van der Waals surface area contributed by atoms with Gasteiger partial charge in [0.2, 0.25) is 0 Å². The minimum absolute atomic E-state index is 0.667. The number of allylic oxidation sites excluding steroid dienone is 1. The van der Waals surface area contributed by atoms with Crippen molar-refractivity contribution < 1.29 is 14.3 Å². The molecule has 3 nitrogen and oxygen atoms in total. The van der Waals surface area contributed by atoms with E-state index in [9.17, 15) is 4.79 Å². The number of rotatable bonds is 4. The third-order valence-corrected chi connectivity index (χ3v) is 2.62. The van der Waals surface area contributed by atoms with E-state index in [2.05, 4.69) is 15.9 Å². The van der Waals surface area contributed by atoms with Crippen molar-refractivity contribution in [2.45, 2.75) is 0 Å². The zero-order chi connectivity index (χ0) is 11.3. The minimum atomic E-state index is 0.667. The van der Waals surface area contributed by atoms with Crippen molar-refractivity contribution >= 4 is 28.3 Å². The molecule has 0 heterocycles. The van der Waals surface area contributed by atoms with E-state index in [1.54, 1.807) is 20.3 Å². The highest BCUT2D eigenvalue weighted by Crippen LogP contribution is 2.35. The minimum Gasteiger partial charge on any atom is -0.495 e. The molecule has 0 spiro atoms. The topological polar surface area (TPSA) is 35.5 Å². The van der Waals surface area contributed by atoms with E-state index >= 15 is 0 Å². The average Bonchev–Trinajstić information content (AvgIpc) is 2.27. The molecule has 0 saturated carbocycles. The molecular weight excluding hydrogens is 260 g/mol. The van der Waals surface area contributed by atoms with Gasteiger partial charge in [0.15, 0.2) is 0 Å². The van der Waals surface area contributed by atoms with Crippen LogP contribution in [0, 0.1) is 0 Å². The molecule has 15 heavy (non-hydrogen) atoms. The fourth-order valence-electron chi connectivity index (χ4n) is 1.14. The number of hydrogen-bond acceptors (Lipinski definition) is 3. The highest BCUT2D eigenvalue weighted by molar-refractivity contribution is 9.10. The van der Waals surface area contributed by atoms with E-state index in [0.717, 1.165) is 16.3 Å². The third kappa shape index (κ3) is 2.83. The van der Waals surface area contributed by atoms with Gasteiger partial charge < -0.3 is 9.47 Å². The van der Waals surface area contributed by atoms with Crippen LogP contribution in [0.15, 0.2) is 22.7 Å². The number of hydrogen-bond donors (Lipinski definition) is 0. The molecule has 1 aromatic carbocycles. The second kappa shape index (κ2) is 5.56. The fraction of sp³-hybridized carbons (Fsp3) is 0.182. The number of halogens is 1. The van der Waals surface area contributed by atoms with E-state index in [-0.39, 0.29) is 0 Å². The first-order valence-electron chi connectivity index (χ1n) is 4.26. The zero-order valence-corrected chi connectivity index (χ0v) is 10.1. The molecule has 4 heteroatoms. The van der Waals surface area contributed by atoms with Gasteiger partial charge in [0.05, 0.1) is 14.2 Å². The fourth-order valence-corrected chi connectivity index (χ4v) is 1.69. The molecule has 0 fully saturated rings. The van der Waals surface area contributed by atoms with Gasteiger partial charge in [-0.05, 0) is 39.7 Å². The zero-order valence-electron chi connectivity index (χ0n) is 8.49. The second-order valence-electron chi connectivity index (χ2n) is 2.73. The SMILES string of the molecule is COc1cc(/C=C/C=O)cc(OC)c1Br. The summed E-state index contributed by atoms with van der Waals surface area (Å²) in [4.78, 5) is 10.2. The van der Waals surface area contributed by atoms with Gasteiger partial charge in [-0.15, -0.1) is 0 Å². The molecule has 0 N–H and O–H groups in total. The van der Waals surface area contributed by atoms with Crippen molar-refractivity contribution in [1.82, 2.24) is 0 Å².